The van der Waals surface area contributed by atoms with Crippen LogP contribution in [-0.2, 0) is 25.9 Å². The lowest BCUT2D eigenvalue weighted by molar-refractivity contribution is -0.220. The van der Waals surface area contributed by atoms with Crippen molar-refractivity contribution < 1.29 is 40.7 Å². The van der Waals surface area contributed by atoms with Crippen molar-refractivity contribution in [3.63, 3.8) is 0 Å². The second-order valence-corrected chi connectivity index (χ2v) is 13.3. The molecule has 224 valence electrons. The van der Waals surface area contributed by atoms with E-state index in [1.54, 1.807) is 9.80 Å². The van der Waals surface area contributed by atoms with E-state index in [-0.39, 0.29) is 36.4 Å². The molecule has 2 saturated heterocycles. The van der Waals surface area contributed by atoms with E-state index in [1.807, 2.05) is 38.1 Å². The predicted molar refractivity (Wildman–Crippen MR) is 145 cm³/mol. The minimum absolute atomic E-state index is 0.100. The van der Waals surface area contributed by atoms with Gasteiger partial charge in [0.25, 0.3) is 5.91 Å². The minimum Gasteiger partial charge on any atom is -0.493 e. The lowest BCUT2D eigenvalue weighted by Crippen LogP contribution is -2.51. The molecular formula is C29H35F3N2O6S. The molecule has 12 heteroatoms. The van der Waals surface area contributed by atoms with Crippen LogP contribution in [0.4, 0.5) is 13.2 Å². The van der Waals surface area contributed by atoms with Crippen LogP contribution in [0.25, 0.3) is 0 Å². The molecule has 2 aliphatic rings. The number of benzene rings is 2. The first-order chi connectivity index (χ1) is 19.2. The Balaban J connectivity index is 1.51. The summed E-state index contributed by atoms with van der Waals surface area (Å²) in [5.41, 5.74) is 0.342. The van der Waals surface area contributed by atoms with Gasteiger partial charge in [-0.1, -0.05) is 32.0 Å². The zero-order chi connectivity index (χ0) is 30.0. The molecule has 0 bridgehead atoms. The third kappa shape index (κ3) is 7.21. The summed E-state index contributed by atoms with van der Waals surface area (Å²) in [7, 11) is -3.41. The number of esters is 1. The normalized spacial score (nSPS) is 19.5. The Bertz CT molecular complexity index is 1350. The zero-order valence-corrected chi connectivity index (χ0v) is 24.1. The number of carbonyl (C=O) groups excluding carboxylic acids is 2. The molecule has 4 rings (SSSR count). The number of hydrogen-bond acceptors (Lipinski definition) is 7. The van der Waals surface area contributed by atoms with E-state index in [4.69, 9.17) is 9.47 Å². The largest absolute Gasteiger partial charge is 0.493 e. The van der Waals surface area contributed by atoms with Crippen LogP contribution < -0.4 is 4.74 Å². The Kier molecular flexibility index (Phi) is 9.03. The molecule has 41 heavy (non-hydrogen) atoms. The molecule has 0 radical (unpaired) electrons. The maximum Gasteiger partial charge on any atom is 0.490 e. The third-order valence-electron chi connectivity index (χ3n) is 7.70. The fourth-order valence-corrected chi connectivity index (χ4v) is 6.08. The van der Waals surface area contributed by atoms with E-state index in [9.17, 15) is 31.2 Å². The Morgan fingerprint density at radius 2 is 1.61 bits per heavy atom. The van der Waals surface area contributed by atoms with E-state index < -0.39 is 33.6 Å². The van der Waals surface area contributed by atoms with E-state index in [1.165, 1.54) is 24.3 Å². The highest BCUT2D eigenvalue weighted by Crippen LogP contribution is 2.47. The number of rotatable bonds is 8. The van der Waals surface area contributed by atoms with Crippen molar-refractivity contribution in [2.45, 2.75) is 57.0 Å². The first-order valence-electron chi connectivity index (χ1n) is 13.5. The van der Waals surface area contributed by atoms with Crippen molar-refractivity contribution in [2.24, 2.45) is 11.3 Å². The molecule has 8 nitrogen and oxygen atoms in total. The Morgan fingerprint density at radius 1 is 1.00 bits per heavy atom. The van der Waals surface area contributed by atoms with Gasteiger partial charge in [0.2, 0.25) is 0 Å². The standard InChI is InChI=1S/C29H35F3N2O6S/c1-20(2)19-39-24-7-5-4-6-22(24)18-34-17-14-28(26(34)40-27(36)29(30,31)32)12-15-33(16-13-28)25(35)21-8-10-23(11-9-21)41(3,37)38/h4-11,20,26H,12-19H2,1-3H3. The molecule has 1 atom stereocenters. The van der Waals surface area contributed by atoms with E-state index in [0.29, 0.717) is 43.7 Å². The van der Waals surface area contributed by atoms with Gasteiger partial charge in [-0.25, -0.2) is 13.2 Å². The first-order valence-corrected chi connectivity index (χ1v) is 15.4. The SMILES string of the molecule is CC(C)COc1ccccc1CN1CCC2(CCN(C(=O)c3ccc(S(C)(=O)=O)cc3)CC2)C1OC(=O)C(F)(F)F. The lowest BCUT2D eigenvalue weighted by Gasteiger charge is -2.43. The van der Waals surface area contributed by atoms with Crippen molar-refractivity contribution in [2.75, 3.05) is 32.5 Å². The smallest absolute Gasteiger partial charge is 0.490 e. The van der Waals surface area contributed by atoms with Gasteiger partial charge >= 0.3 is 12.1 Å². The summed E-state index contributed by atoms with van der Waals surface area (Å²) >= 11 is 0. The summed E-state index contributed by atoms with van der Waals surface area (Å²) in [4.78, 5) is 28.6. The highest BCUT2D eigenvalue weighted by molar-refractivity contribution is 7.90. The van der Waals surface area contributed by atoms with Gasteiger partial charge in [-0.3, -0.25) is 9.69 Å². The molecule has 0 aromatic heterocycles. The summed E-state index contributed by atoms with van der Waals surface area (Å²) in [6.07, 6.45) is -3.99. The van der Waals surface area contributed by atoms with Crippen molar-refractivity contribution in [3.8, 4) is 5.75 Å². The molecule has 1 unspecified atom stereocenters. The van der Waals surface area contributed by atoms with Crippen LogP contribution >= 0.6 is 0 Å². The van der Waals surface area contributed by atoms with E-state index in [0.717, 1.165) is 11.8 Å². The molecule has 2 aromatic rings. The number of piperidine rings is 1. The van der Waals surface area contributed by atoms with Crippen LogP contribution in [0.15, 0.2) is 53.4 Å². The summed E-state index contributed by atoms with van der Waals surface area (Å²) in [6.45, 7) is 5.68. The topological polar surface area (TPSA) is 93.2 Å². The summed E-state index contributed by atoms with van der Waals surface area (Å²) in [6, 6.07) is 13.0. The quantitative estimate of drug-likeness (QED) is 0.409. The molecule has 0 N–H and O–H groups in total. The molecule has 0 aliphatic carbocycles. The fraction of sp³-hybridized carbons (Fsp3) is 0.517. The van der Waals surface area contributed by atoms with E-state index in [2.05, 4.69) is 0 Å². The van der Waals surface area contributed by atoms with Gasteiger partial charge in [0.15, 0.2) is 16.1 Å². The predicted octanol–water partition coefficient (Wildman–Crippen LogP) is 4.68. The summed E-state index contributed by atoms with van der Waals surface area (Å²) in [5.74, 6) is -1.62. The fourth-order valence-electron chi connectivity index (χ4n) is 5.45. The van der Waals surface area contributed by atoms with Gasteiger partial charge in [0.1, 0.15) is 5.75 Å². The third-order valence-corrected chi connectivity index (χ3v) is 8.83. The molecule has 2 fully saturated rings. The van der Waals surface area contributed by atoms with Gasteiger partial charge in [-0.2, -0.15) is 13.2 Å². The Hall–Kier alpha value is -3.12. The number of halogens is 3. The van der Waals surface area contributed by atoms with Crippen molar-refractivity contribution >= 4 is 21.7 Å². The number of sulfone groups is 1. The Labute approximate surface area is 238 Å². The number of hydrogen-bond donors (Lipinski definition) is 0. The van der Waals surface area contributed by atoms with Gasteiger partial charge in [-0.15, -0.1) is 0 Å². The maximum absolute atomic E-state index is 13.3. The Morgan fingerprint density at radius 3 is 2.20 bits per heavy atom. The second-order valence-electron chi connectivity index (χ2n) is 11.2. The molecule has 2 aliphatic heterocycles. The molecule has 0 saturated carbocycles. The summed E-state index contributed by atoms with van der Waals surface area (Å²) < 4.78 is 74.5. The van der Waals surface area contributed by atoms with Gasteiger partial charge in [-0.05, 0) is 55.5 Å². The average molecular weight is 597 g/mol. The van der Waals surface area contributed by atoms with Crippen LogP contribution in [0, 0.1) is 11.3 Å². The van der Waals surface area contributed by atoms with Crippen LogP contribution in [0.2, 0.25) is 0 Å². The summed E-state index contributed by atoms with van der Waals surface area (Å²) in [5, 5.41) is 0. The first kappa shape index (κ1) is 30.8. The second kappa shape index (κ2) is 12.0. The van der Waals surface area contributed by atoms with Crippen LogP contribution in [0.1, 0.15) is 49.0 Å². The number of carbonyl (C=O) groups is 2. The average Bonchev–Trinajstić information content (AvgIpc) is 3.23. The zero-order valence-electron chi connectivity index (χ0n) is 23.3. The molecule has 2 heterocycles. The van der Waals surface area contributed by atoms with Crippen molar-refractivity contribution in [3.05, 3.63) is 59.7 Å². The number of amides is 1. The van der Waals surface area contributed by atoms with Gasteiger partial charge < -0.3 is 14.4 Å². The highest BCUT2D eigenvalue weighted by atomic mass is 32.2. The molecule has 2 aromatic carbocycles. The number of alkyl halides is 3. The number of ether oxygens (including phenoxy) is 2. The molecule has 1 amide bonds. The number of para-hydroxylation sites is 1. The van der Waals surface area contributed by atoms with Crippen LogP contribution in [-0.4, -0.2) is 75.0 Å². The monoisotopic (exact) mass is 596 g/mol. The lowest BCUT2D eigenvalue weighted by atomic mass is 9.76. The highest BCUT2D eigenvalue weighted by Gasteiger charge is 2.54. The van der Waals surface area contributed by atoms with Crippen LogP contribution in [0.5, 0.6) is 5.75 Å². The van der Waals surface area contributed by atoms with E-state index >= 15 is 0 Å². The van der Waals surface area contributed by atoms with Crippen molar-refractivity contribution in [1.29, 1.82) is 0 Å². The molecular weight excluding hydrogens is 561 g/mol. The van der Waals surface area contributed by atoms with Gasteiger partial charge in [0.05, 0.1) is 11.5 Å². The minimum atomic E-state index is -5.14. The molecule has 1 spiro atoms. The van der Waals surface area contributed by atoms with Crippen LogP contribution in [0.3, 0.4) is 0 Å². The van der Waals surface area contributed by atoms with Crippen molar-refractivity contribution in [1.82, 2.24) is 9.80 Å². The maximum atomic E-state index is 13.3. The van der Waals surface area contributed by atoms with Gasteiger partial charge in [0, 0.05) is 49.0 Å². The number of nitrogens with zero attached hydrogens (tertiary/aromatic N) is 2. The number of likely N-dealkylation sites (tertiary alicyclic amines) is 2.